The van der Waals surface area contributed by atoms with E-state index in [-0.39, 0.29) is 11.9 Å². The van der Waals surface area contributed by atoms with Gasteiger partial charge in [0.15, 0.2) is 5.76 Å². The van der Waals surface area contributed by atoms with Crippen LogP contribution in [0.5, 0.6) is 0 Å². The lowest BCUT2D eigenvalue weighted by molar-refractivity contribution is 0.0601. The van der Waals surface area contributed by atoms with Crippen LogP contribution in [0.2, 0.25) is 0 Å². The number of hydrogen-bond acceptors (Lipinski definition) is 4. The third kappa shape index (κ3) is 2.44. The molecule has 6 heteroatoms. The van der Waals surface area contributed by atoms with Gasteiger partial charge in [0.25, 0.3) is 5.91 Å². The highest BCUT2D eigenvalue weighted by Gasteiger charge is 2.33. The quantitative estimate of drug-likeness (QED) is 0.734. The fraction of sp³-hybridized carbons (Fsp3) is 0.368. The second-order valence-corrected chi connectivity index (χ2v) is 6.42. The van der Waals surface area contributed by atoms with E-state index in [4.69, 9.17) is 9.15 Å². The van der Waals surface area contributed by atoms with Crippen molar-refractivity contribution in [2.24, 2.45) is 0 Å². The maximum atomic E-state index is 13.1. The summed E-state index contributed by atoms with van der Waals surface area (Å²) in [6, 6.07) is 7.63. The summed E-state index contributed by atoms with van der Waals surface area (Å²) in [4.78, 5) is 19.5. The average molecular weight is 339 g/mol. The Balaban J connectivity index is 1.67. The van der Waals surface area contributed by atoms with E-state index in [0.29, 0.717) is 25.5 Å². The van der Waals surface area contributed by atoms with E-state index in [0.717, 1.165) is 28.1 Å². The number of rotatable bonds is 3. The second-order valence-electron chi connectivity index (χ2n) is 6.42. The minimum Gasteiger partial charge on any atom is -0.451 e. The molecule has 130 valence electrons. The van der Waals surface area contributed by atoms with Crippen LogP contribution in [-0.4, -0.2) is 34.0 Å². The molecule has 3 aromatic rings. The summed E-state index contributed by atoms with van der Waals surface area (Å²) in [5.74, 6) is 1.23. The minimum absolute atomic E-state index is 0.0799. The molecule has 0 spiro atoms. The Hall–Kier alpha value is -2.60. The number of benzene rings is 1. The fourth-order valence-corrected chi connectivity index (χ4v) is 3.61. The molecular formula is C19H21N3O3. The molecule has 1 aromatic carbocycles. The van der Waals surface area contributed by atoms with E-state index in [1.165, 1.54) is 0 Å². The number of methoxy groups -OCH3 is 1. The zero-order chi connectivity index (χ0) is 17.6. The Labute approximate surface area is 146 Å². The predicted molar refractivity (Wildman–Crippen MR) is 93.3 cm³/mol. The Morgan fingerprint density at radius 1 is 1.36 bits per heavy atom. The topological polar surface area (TPSA) is 60.5 Å². The summed E-state index contributed by atoms with van der Waals surface area (Å²) in [5, 5.41) is 0.986. The molecule has 0 saturated heterocycles. The van der Waals surface area contributed by atoms with E-state index < -0.39 is 0 Å². The lowest BCUT2D eigenvalue weighted by Crippen LogP contribution is -2.41. The van der Waals surface area contributed by atoms with Crippen LogP contribution in [0, 0.1) is 6.92 Å². The normalized spacial score (nSPS) is 17.1. The summed E-state index contributed by atoms with van der Waals surface area (Å²) in [7, 11) is 1.67. The zero-order valence-electron chi connectivity index (χ0n) is 14.7. The van der Waals surface area contributed by atoms with Gasteiger partial charge in [0.1, 0.15) is 11.4 Å². The first kappa shape index (κ1) is 15.9. The molecule has 1 aliphatic heterocycles. The van der Waals surface area contributed by atoms with E-state index in [1.807, 2.05) is 49.2 Å². The third-order valence-corrected chi connectivity index (χ3v) is 4.97. The molecule has 2 aromatic heterocycles. The Kier molecular flexibility index (Phi) is 3.84. The van der Waals surface area contributed by atoms with E-state index in [1.54, 1.807) is 7.11 Å². The van der Waals surface area contributed by atoms with Gasteiger partial charge in [-0.2, -0.15) is 0 Å². The smallest absolute Gasteiger partial charge is 0.290 e. The monoisotopic (exact) mass is 339 g/mol. The number of para-hydroxylation sites is 1. The molecule has 25 heavy (non-hydrogen) atoms. The van der Waals surface area contributed by atoms with Crippen molar-refractivity contribution in [2.45, 2.75) is 33.0 Å². The highest BCUT2D eigenvalue weighted by atomic mass is 16.5. The van der Waals surface area contributed by atoms with Gasteiger partial charge in [-0.3, -0.25) is 4.79 Å². The van der Waals surface area contributed by atoms with Crippen LogP contribution in [0.4, 0.5) is 0 Å². The molecule has 0 N–H and O–H groups in total. The number of aromatic nitrogens is 2. The van der Waals surface area contributed by atoms with Crippen molar-refractivity contribution < 1.29 is 13.9 Å². The molecule has 1 atom stereocenters. The summed E-state index contributed by atoms with van der Waals surface area (Å²) in [6.07, 6.45) is 1.83. The summed E-state index contributed by atoms with van der Waals surface area (Å²) in [6.45, 7) is 5.80. The Morgan fingerprint density at radius 2 is 2.16 bits per heavy atom. The van der Waals surface area contributed by atoms with Crippen molar-refractivity contribution >= 4 is 16.9 Å². The third-order valence-electron chi connectivity index (χ3n) is 4.97. The van der Waals surface area contributed by atoms with Gasteiger partial charge in [0, 0.05) is 31.1 Å². The number of amides is 1. The molecule has 1 amide bonds. The number of ether oxygens (including phenoxy) is 1. The van der Waals surface area contributed by atoms with Crippen molar-refractivity contribution in [3.8, 4) is 0 Å². The zero-order valence-corrected chi connectivity index (χ0v) is 14.7. The molecule has 3 heterocycles. The Bertz CT molecular complexity index is 941. The standard InChI is InChI=1S/C19H21N3O3/c1-12-15-6-4-5-7-16(15)25-17(12)19(23)21-8-9-22-14(11-24-3)10-20-18(22)13(21)2/h4-7,10,13H,8-9,11H2,1-3H3. The second kappa shape index (κ2) is 6.04. The summed E-state index contributed by atoms with van der Waals surface area (Å²) in [5.41, 5.74) is 2.68. The van der Waals surface area contributed by atoms with Crippen LogP contribution < -0.4 is 0 Å². The number of carbonyl (C=O) groups is 1. The molecular weight excluding hydrogens is 318 g/mol. The molecule has 0 fully saturated rings. The molecule has 0 saturated carbocycles. The number of furan rings is 1. The van der Waals surface area contributed by atoms with Crippen molar-refractivity contribution in [2.75, 3.05) is 13.7 Å². The average Bonchev–Trinajstić information content (AvgIpc) is 3.18. The van der Waals surface area contributed by atoms with Crippen LogP contribution in [0.1, 0.15) is 40.6 Å². The maximum absolute atomic E-state index is 13.1. The number of hydrogen-bond donors (Lipinski definition) is 0. The summed E-state index contributed by atoms with van der Waals surface area (Å²) < 4.78 is 13.2. The van der Waals surface area contributed by atoms with Gasteiger partial charge in [-0.25, -0.2) is 4.98 Å². The Morgan fingerprint density at radius 3 is 2.92 bits per heavy atom. The van der Waals surface area contributed by atoms with Gasteiger partial charge < -0.3 is 18.6 Å². The van der Waals surface area contributed by atoms with Gasteiger partial charge in [-0.15, -0.1) is 0 Å². The molecule has 4 rings (SSSR count). The van der Waals surface area contributed by atoms with Crippen LogP contribution in [0.25, 0.3) is 11.0 Å². The lowest BCUT2D eigenvalue weighted by Gasteiger charge is -2.34. The SMILES string of the molecule is COCc1cnc2n1CCN(C(=O)c1oc3ccccc3c1C)C2C. The van der Waals surface area contributed by atoms with E-state index in [9.17, 15) is 4.79 Å². The molecule has 6 nitrogen and oxygen atoms in total. The molecule has 0 bridgehead atoms. The highest BCUT2D eigenvalue weighted by molar-refractivity contribution is 5.99. The van der Waals surface area contributed by atoms with E-state index in [2.05, 4.69) is 9.55 Å². The van der Waals surface area contributed by atoms with Crippen LogP contribution >= 0.6 is 0 Å². The number of imidazole rings is 1. The van der Waals surface area contributed by atoms with Crippen LogP contribution in [-0.2, 0) is 17.9 Å². The predicted octanol–water partition coefficient (Wildman–Crippen LogP) is 3.30. The van der Waals surface area contributed by atoms with Crippen LogP contribution in [0.3, 0.4) is 0 Å². The molecule has 0 radical (unpaired) electrons. The van der Waals surface area contributed by atoms with E-state index >= 15 is 0 Å². The van der Waals surface area contributed by atoms with Crippen molar-refractivity contribution in [1.82, 2.24) is 14.5 Å². The van der Waals surface area contributed by atoms with Gasteiger partial charge in [-0.1, -0.05) is 18.2 Å². The van der Waals surface area contributed by atoms with Gasteiger partial charge in [0.2, 0.25) is 0 Å². The maximum Gasteiger partial charge on any atom is 0.290 e. The van der Waals surface area contributed by atoms with Crippen LogP contribution in [0.15, 0.2) is 34.9 Å². The van der Waals surface area contributed by atoms with Crippen molar-refractivity contribution in [1.29, 1.82) is 0 Å². The summed E-state index contributed by atoms with van der Waals surface area (Å²) >= 11 is 0. The first-order chi connectivity index (χ1) is 12.1. The van der Waals surface area contributed by atoms with Gasteiger partial charge >= 0.3 is 0 Å². The van der Waals surface area contributed by atoms with Crippen molar-refractivity contribution in [3.05, 3.63) is 53.3 Å². The number of carbonyl (C=O) groups excluding carboxylic acids is 1. The minimum atomic E-state index is -0.112. The molecule has 1 aliphatic rings. The van der Waals surface area contributed by atoms with Crippen molar-refractivity contribution in [3.63, 3.8) is 0 Å². The first-order valence-corrected chi connectivity index (χ1v) is 8.44. The number of nitrogens with zero attached hydrogens (tertiary/aromatic N) is 3. The van der Waals surface area contributed by atoms with Gasteiger partial charge in [-0.05, 0) is 19.9 Å². The molecule has 1 unspecified atom stereocenters. The highest BCUT2D eigenvalue weighted by Crippen LogP contribution is 2.31. The molecule has 0 aliphatic carbocycles. The lowest BCUT2D eigenvalue weighted by atomic mass is 10.1. The fourth-order valence-electron chi connectivity index (χ4n) is 3.61. The first-order valence-electron chi connectivity index (χ1n) is 8.44. The van der Waals surface area contributed by atoms with Gasteiger partial charge in [0.05, 0.1) is 24.5 Å². The largest absolute Gasteiger partial charge is 0.451 e. The number of fused-ring (bicyclic) bond motifs is 2. The number of aryl methyl sites for hydroxylation is 1.